The highest BCUT2D eigenvalue weighted by atomic mass is 32.1. The summed E-state index contributed by atoms with van der Waals surface area (Å²) < 4.78 is 5.82. The molecule has 1 aromatic rings. The van der Waals surface area contributed by atoms with E-state index >= 15 is 0 Å². The second-order valence-corrected chi connectivity index (χ2v) is 6.68. The normalized spacial score (nSPS) is 30.3. The maximum absolute atomic E-state index is 6.42. The zero-order chi connectivity index (χ0) is 13.2. The first-order valence-electron chi connectivity index (χ1n) is 6.77. The van der Waals surface area contributed by atoms with Gasteiger partial charge >= 0.3 is 0 Å². The molecule has 0 radical (unpaired) electrons. The number of nitrogens with two attached hydrogens (primary N) is 1. The van der Waals surface area contributed by atoms with Gasteiger partial charge in [0.15, 0.2) is 0 Å². The molecule has 0 aromatic carbocycles. The summed E-state index contributed by atoms with van der Waals surface area (Å²) in [6.45, 7) is 4.35. The number of hydrogen-bond acceptors (Lipinski definition) is 4. The van der Waals surface area contributed by atoms with Crippen molar-refractivity contribution in [2.75, 3.05) is 7.11 Å². The monoisotopic (exact) mass is 268 g/mol. The Hall–Kier alpha value is -0.450. The summed E-state index contributed by atoms with van der Waals surface area (Å²) in [7, 11) is 1.81. The second kappa shape index (κ2) is 5.68. The van der Waals surface area contributed by atoms with Crippen LogP contribution in [-0.2, 0) is 11.2 Å². The molecule has 2 rings (SSSR count). The molecule has 0 spiro atoms. The molecule has 18 heavy (non-hydrogen) atoms. The van der Waals surface area contributed by atoms with Gasteiger partial charge < -0.3 is 10.5 Å². The molecule has 1 heterocycles. The average Bonchev–Trinajstić information content (AvgIpc) is 2.76. The average molecular weight is 268 g/mol. The van der Waals surface area contributed by atoms with E-state index in [1.54, 1.807) is 11.3 Å². The molecule has 4 heteroatoms. The number of rotatable bonds is 4. The first kappa shape index (κ1) is 14.0. The molecule has 1 atom stereocenters. The highest BCUT2D eigenvalue weighted by molar-refractivity contribution is 7.09. The number of aromatic nitrogens is 1. The van der Waals surface area contributed by atoms with Crippen LogP contribution in [0.4, 0.5) is 0 Å². The van der Waals surface area contributed by atoms with E-state index in [-0.39, 0.29) is 11.6 Å². The van der Waals surface area contributed by atoms with Gasteiger partial charge in [-0.05, 0) is 38.5 Å². The van der Waals surface area contributed by atoms with Crippen LogP contribution >= 0.6 is 11.3 Å². The van der Waals surface area contributed by atoms with Crippen molar-refractivity contribution >= 4 is 11.3 Å². The third kappa shape index (κ3) is 2.92. The predicted octanol–water partition coefficient (Wildman–Crippen LogP) is 2.92. The van der Waals surface area contributed by atoms with Gasteiger partial charge in [-0.2, -0.15) is 0 Å². The standard InChI is InChI=1S/C14H24N2OS/c1-10-4-6-14(17-3,7-5-10)13(15)8-12-9-18-11(2)16-12/h9-10,13H,4-8,15H2,1-3H3. The van der Waals surface area contributed by atoms with Crippen LogP contribution in [0.1, 0.15) is 43.3 Å². The minimum atomic E-state index is -0.135. The number of aryl methyl sites for hydroxylation is 1. The first-order chi connectivity index (χ1) is 8.55. The predicted molar refractivity (Wildman–Crippen MR) is 75.9 cm³/mol. The Balaban J connectivity index is 2.03. The van der Waals surface area contributed by atoms with Crippen LogP contribution in [0.25, 0.3) is 0 Å². The maximum atomic E-state index is 6.42. The molecule has 2 N–H and O–H groups in total. The SMILES string of the molecule is COC1(C(N)Cc2csc(C)n2)CCC(C)CC1. The molecule has 1 aliphatic carbocycles. The lowest BCUT2D eigenvalue weighted by atomic mass is 9.74. The molecule has 3 nitrogen and oxygen atoms in total. The number of thiazole rings is 1. The number of methoxy groups -OCH3 is 1. The smallest absolute Gasteiger partial charge is 0.0897 e. The summed E-state index contributed by atoms with van der Waals surface area (Å²) >= 11 is 1.69. The molecule has 1 aromatic heterocycles. The van der Waals surface area contributed by atoms with Gasteiger partial charge in [0.1, 0.15) is 0 Å². The maximum Gasteiger partial charge on any atom is 0.0897 e. The van der Waals surface area contributed by atoms with Crippen LogP contribution in [0.5, 0.6) is 0 Å². The molecule has 0 saturated heterocycles. The molecule has 0 amide bonds. The van der Waals surface area contributed by atoms with Crippen LogP contribution < -0.4 is 5.73 Å². The Labute approximate surface area is 114 Å². The Bertz CT molecular complexity index is 383. The summed E-state index contributed by atoms with van der Waals surface area (Å²) in [5, 5.41) is 3.23. The van der Waals surface area contributed by atoms with Gasteiger partial charge in [-0.25, -0.2) is 4.98 Å². The van der Waals surface area contributed by atoms with E-state index in [9.17, 15) is 0 Å². The van der Waals surface area contributed by atoms with Crippen LogP contribution in [0.15, 0.2) is 5.38 Å². The van der Waals surface area contributed by atoms with Crippen molar-refractivity contribution in [3.05, 3.63) is 16.1 Å². The number of hydrogen-bond donors (Lipinski definition) is 1. The Kier molecular flexibility index (Phi) is 4.41. The second-order valence-electron chi connectivity index (χ2n) is 5.62. The number of ether oxygens (including phenoxy) is 1. The van der Waals surface area contributed by atoms with Crippen molar-refractivity contribution in [3.8, 4) is 0 Å². The molecule has 1 unspecified atom stereocenters. The van der Waals surface area contributed by atoms with Gasteiger partial charge in [-0.3, -0.25) is 0 Å². The molecule has 1 saturated carbocycles. The zero-order valence-corrected chi connectivity index (χ0v) is 12.4. The van der Waals surface area contributed by atoms with Crippen molar-refractivity contribution in [2.45, 2.75) is 57.6 Å². The molecule has 1 fully saturated rings. The zero-order valence-electron chi connectivity index (χ0n) is 11.6. The topological polar surface area (TPSA) is 48.1 Å². The minimum absolute atomic E-state index is 0.0523. The highest BCUT2D eigenvalue weighted by Gasteiger charge is 2.39. The largest absolute Gasteiger partial charge is 0.377 e. The van der Waals surface area contributed by atoms with E-state index in [2.05, 4.69) is 17.3 Å². The molecule has 0 aliphatic heterocycles. The third-order valence-corrected chi connectivity index (χ3v) is 5.12. The molecule has 0 bridgehead atoms. The Morgan fingerprint density at radius 1 is 1.56 bits per heavy atom. The quantitative estimate of drug-likeness (QED) is 0.913. The molecule has 1 aliphatic rings. The van der Waals surface area contributed by atoms with Crippen molar-refractivity contribution in [1.29, 1.82) is 0 Å². The third-order valence-electron chi connectivity index (χ3n) is 4.30. The molecular weight excluding hydrogens is 244 g/mol. The fourth-order valence-corrected chi connectivity index (χ4v) is 3.52. The van der Waals surface area contributed by atoms with E-state index in [1.807, 2.05) is 14.0 Å². The fraction of sp³-hybridized carbons (Fsp3) is 0.786. The summed E-state index contributed by atoms with van der Waals surface area (Å²) in [4.78, 5) is 4.51. The molecule has 102 valence electrons. The highest BCUT2D eigenvalue weighted by Crippen LogP contribution is 2.37. The van der Waals surface area contributed by atoms with E-state index < -0.39 is 0 Å². The number of nitrogens with zero attached hydrogens (tertiary/aromatic N) is 1. The Morgan fingerprint density at radius 3 is 2.72 bits per heavy atom. The van der Waals surface area contributed by atoms with Crippen LogP contribution in [0, 0.1) is 12.8 Å². The minimum Gasteiger partial charge on any atom is -0.377 e. The Morgan fingerprint density at radius 2 is 2.22 bits per heavy atom. The van der Waals surface area contributed by atoms with Gasteiger partial charge in [-0.15, -0.1) is 11.3 Å². The van der Waals surface area contributed by atoms with E-state index in [4.69, 9.17) is 10.5 Å². The van der Waals surface area contributed by atoms with Gasteiger partial charge in [0.25, 0.3) is 0 Å². The van der Waals surface area contributed by atoms with Gasteiger partial charge in [0, 0.05) is 25.0 Å². The van der Waals surface area contributed by atoms with Gasteiger partial charge in [0.2, 0.25) is 0 Å². The van der Waals surface area contributed by atoms with E-state index in [1.165, 1.54) is 12.8 Å². The summed E-state index contributed by atoms with van der Waals surface area (Å²) in [6, 6.07) is 0.0523. The van der Waals surface area contributed by atoms with Gasteiger partial charge in [-0.1, -0.05) is 6.92 Å². The van der Waals surface area contributed by atoms with Crippen molar-refractivity contribution in [3.63, 3.8) is 0 Å². The first-order valence-corrected chi connectivity index (χ1v) is 7.65. The van der Waals surface area contributed by atoms with Crippen molar-refractivity contribution in [2.24, 2.45) is 11.7 Å². The van der Waals surface area contributed by atoms with E-state index in [0.717, 1.165) is 35.9 Å². The lowest BCUT2D eigenvalue weighted by molar-refractivity contribution is -0.0660. The van der Waals surface area contributed by atoms with Crippen LogP contribution in [0.3, 0.4) is 0 Å². The van der Waals surface area contributed by atoms with Crippen molar-refractivity contribution < 1.29 is 4.74 Å². The lowest BCUT2D eigenvalue weighted by Crippen LogP contribution is -2.52. The fourth-order valence-electron chi connectivity index (χ4n) is 2.89. The van der Waals surface area contributed by atoms with Gasteiger partial charge in [0.05, 0.1) is 16.3 Å². The lowest BCUT2D eigenvalue weighted by Gasteiger charge is -2.42. The molecular formula is C14H24N2OS. The van der Waals surface area contributed by atoms with Crippen LogP contribution in [0.2, 0.25) is 0 Å². The van der Waals surface area contributed by atoms with E-state index in [0.29, 0.717) is 0 Å². The van der Waals surface area contributed by atoms with Crippen LogP contribution in [-0.4, -0.2) is 23.7 Å². The summed E-state index contributed by atoms with van der Waals surface area (Å²) in [5.74, 6) is 0.807. The summed E-state index contributed by atoms with van der Waals surface area (Å²) in [5.41, 5.74) is 7.40. The van der Waals surface area contributed by atoms with Crippen molar-refractivity contribution in [1.82, 2.24) is 4.98 Å². The summed E-state index contributed by atoms with van der Waals surface area (Å²) in [6.07, 6.45) is 5.42.